The van der Waals surface area contributed by atoms with Crippen molar-refractivity contribution in [2.75, 3.05) is 14.2 Å². The van der Waals surface area contributed by atoms with Gasteiger partial charge in [0.1, 0.15) is 0 Å². The van der Waals surface area contributed by atoms with Gasteiger partial charge in [-0.25, -0.2) is 0 Å². The third-order valence-corrected chi connectivity index (χ3v) is 5.05. The minimum absolute atomic E-state index is 0.0792. The van der Waals surface area contributed by atoms with Crippen LogP contribution in [0.15, 0.2) is 0 Å². The number of carbonyl (C=O) groups is 1. The first kappa shape index (κ1) is 23.4. The van der Waals surface area contributed by atoms with Gasteiger partial charge in [-0.05, 0) is 25.2 Å². The maximum Gasteiger partial charge on any atom is 0.305 e. The molecule has 3 heteroatoms. The lowest BCUT2D eigenvalue weighted by Crippen LogP contribution is -2.20. The van der Waals surface area contributed by atoms with Crippen molar-refractivity contribution in [3.63, 3.8) is 0 Å². The monoisotopic (exact) mass is 342 g/mol. The Morgan fingerprint density at radius 3 is 1.92 bits per heavy atom. The van der Waals surface area contributed by atoms with Crippen molar-refractivity contribution in [3.8, 4) is 0 Å². The van der Waals surface area contributed by atoms with Crippen LogP contribution in [0.3, 0.4) is 0 Å². The zero-order valence-corrected chi connectivity index (χ0v) is 16.8. The van der Waals surface area contributed by atoms with Crippen LogP contribution in [0, 0.1) is 5.92 Å². The number of methoxy groups -OCH3 is 2. The van der Waals surface area contributed by atoms with E-state index < -0.39 is 0 Å². The number of ether oxygens (including phenoxy) is 2. The van der Waals surface area contributed by atoms with Gasteiger partial charge in [-0.3, -0.25) is 4.79 Å². The molecule has 0 aromatic carbocycles. The second-order valence-corrected chi connectivity index (χ2v) is 7.19. The van der Waals surface area contributed by atoms with Gasteiger partial charge in [0.05, 0.1) is 13.2 Å². The number of hydrogen-bond donors (Lipinski definition) is 0. The summed E-state index contributed by atoms with van der Waals surface area (Å²) in [6, 6.07) is 0. The highest BCUT2D eigenvalue weighted by Gasteiger charge is 2.15. The molecule has 0 saturated heterocycles. The van der Waals surface area contributed by atoms with E-state index in [4.69, 9.17) is 4.74 Å². The van der Waals surface area contributed by atoms with E-state index in [0.717, 1.165) is 12.8 Å². The van der Waals surface area contributed by atoms with E-state index in [9.17, 15) is 4.79 Å². The maximum atomic E-state index is 11.0. The Morgan fingerprint density at radius 2 is 1.33 bits per heavy atom. The number of carbonyl (C=O) groups excluding carboxylic acids is 1. The molecule has 0 aromatic heterocycles. The summed E-state index contributed by atoms with van der Waals surface area (Å²) in [6.45, 7) is 4.61. The van der Waals surface area contributed by atoms with Gasteiger partial charge < -0.3 is 9.47 Å². The average molecular weight is 343 g/mol. The Bertz CT molecular complexity index is 278. The summed E-state index contributed by atoms with van der Waals surface area (Å²) in [6.07, 6.45) is 17.4. The van der Waals surface area contributed by atoms with Gasteiger partial charge in [0.15, 0.2) is 0 Å². The summed E-state index contributed by atoms with van der Waals surface area (Å²) in [5.41, 5.74) is 0. The topological polar surface area (TPSA) is 35.5 Å². The molecular weight excluding hydrogens is 300 g/mol. The summed E-state index contributed by atoms with van der Waals surface area (Å²) in [5.74, 6) is 0.606. The fourth-order valence-electron chi connectivity index (χ4n) is 3.31. The van der Waals surface area contributed by atoms with E-state index in [1.807, 2.05) is 7.11 Å². The Balaban J connectivity index is 3.50. The van der Waals surface area contributed by atoms with Crippen LogP contribution >= 0.6 is 0 Å². The van der Waals surface area contributed by atoms with Crippen LogP contribution in [0.25, 0.3) is 0 Å². The second kappa shape index (κ2) is 17.3. The molecule has 0 spiro atoms. The minimum atomic E-state index is -0.0792. The van der Waals surface area contributed by atoms with Crippen molar-refractivity contribution in [1.29, 1.82) is 0 Å². The predicted molar refractivity (Wildman–Crippen MR) is 102 cm³/mol. The van der Waals surface area contributed by atoms with E-state index in [1.165, 1.54) is 77.7 Å². The molecule has 0 aromatic rings. The molecule has 0 rings (SSSR count). The normalized spacial score (nSPS) is 13.7. The fourth-order valence-corrected chi connectivity index (χ4v) is 3.31. The first-order valence-corrected chi connectivity index (χ1v) is 10.2. The van der Waals surface area contributed by atoms with Crippen molar-refractivity contribution >= 4 is 5.97 Å². The van der Waals surface area contributed by atoms with Crippen LogP contribution in [0.4, 0.5) is 0 Å². The molecule has 0 aliphatic carbocycles. The van der Waals surface area contributed by atoms with Gasteiger partial charge in [-0.15, -0.1) is 0 Å². The first-order chi connectivity index (χ1) is 11.7. The fraction of sp³-hybridized carbons (Fsp3) is 0.952. The summed E-state index contributed by atoms with van der Waals surface area (Å²) in [4.78, 5) is 11.0. The zero-order chi connectivity index (χ0) is 18.0. The minimum Gasteiger partial charge on any atom is -0.469 e. The molecule has 3 nitrogen and oxygen atoms in total. The molecule has 2 unspecified atom stereocenters. The molecule has 24 heavy (non-hydrogen) atoms. The smallest absolute Gasteiger partial charge is 0.305 e. The van der Waals surface area contributed by atoms with E-state index in [2.05, 4.69) is 18.6 Å². The quantitative estimate of drug-likeness (QED) is 0.230. The third kappa shape index (κ3) is 13.8. The largest absolute Gasteiger partial charge is 0.469 e. The van der Waals surface area contributed by atoms with Gasteiger partial charge in [0.2, 0.25) is 0 Å². The van der Waals surface area contributed by atoms with Crippen LogP contribution in [-0.2, 0) is 14.3 Å². The summed E-state index contributed by atoms with van der Waals surface area (Å²) in [5, 5.41) is 0. The van der Waals surface area contributed by atoms with Crippen molar-refractivity contribution in [3.05, 3.63) is 0 Å². The standard InChI is InChI=1S/C21H42O3/c1-5-6-7-13-16-19(2)20(23-3)17-14-11-9-8-10-12-15-18-21(22)24-4/h19-20H,5-18H2,1-4H3. The summed E-state index contributed by atoms with van der Waals surface area (Å²) >= 11 is 0. The molecule has 0 heterocycles. The highest BCUT2D eigenvalue weighted by molar-refractivity contribution is 5.68. The lowest BCUT2D eigenvalue weighted by molar-refractivity contribution is -0.140. The van der Waals surface area contributed by atoms with Crippen LogP contribution in [0.2, 0.25) is 0 Å². The molecule has 0 aliphatic heterocycles. The Labute approximate surface area is 150 Å². The number of rotatable bonds is 17. The van der Waals surface area contributed by atoms with Crippen molar-refractivity contribution in [2.45, 2.75) is 110 Å². The van der Waals surface area contributed by atoms with Crippen LogP contribution in [-0.4, -0.2) is 26.3 Å². The molecule has 0 saturated carbocycles. The average Bonchev–Trinajstić information content (AvgIpc) is 2.60. The number of unbranched alkanes of at least 4 members (excludes halogenated alkanes) is 9. The second-order valence-electron chi connectivity index (χ2n) is 7.19. The molecule has 0 N–H and O–H groups in total. The molecule has 0 radical (unpaired) electrons. The van der Waals surface area contributed by atoms with Crippen molar-refractivity contribution in [1.82, 2.24) is 0 Å². The lowest BCUT2D eigenvalue weighted by atomic mass is 9.93. The molecular formula is C21H42O3. The molecule has 2 atom stereocenters. The van der Waals surface area contributed by atoms with E-state index in [1.54, 1.807) is 0 Å². The first-order valence-electron chi connectivity index (χ1n) is 10.2. The van der Waals surface area contributed by atoms with Crippen LogP contribution < -0.4 is 0 Å². The number of hydrogen-bond acceptors (Lipinski definition) is 3. The summed E-state index contributed by atoms with van der Waals surface area (Å²) < 4.78 is 10.4. The zero-order valence-electron chi connectivity index (χ0n) is 16.8. The molecule has 0 fully saturated rings. The summed E-state index contributed by atoms with van der Waals surface area (Å²) in [7, 11) is 3.33. The highest BCUT2D eigenvalue weighted by Crippen LogP contribution is 2.21. The third-order valence-electron chi connectivity index (χ3n) is 5.05. The van der Waals surface area contributed by atoms with Gasteiger partial charge in [0, 0.05) is 13.5 Å². The molecule has 144 valence electrons. The Hall–Kier alpha value is -0.570. The van der Waals surface area contributed by atoms with Crippen molar-refractivity contribution in [2.24, 2.45) is 5.92 Å². The lowest BCUT2D eigenvalue weighted by Gasteiger charge is -2.22. The Kier molecular flexibility index (Phi) is 16.8. The van der Waals surface area contributed by atoms with Gasteiger partial charge in [-0.1, -0.05) is 78.1 Å². The predicted octanol–water partition coefficient (Wildman–Crippen LogP) is 6.29. The van der Waals surface area contributed by atoms with E-state index in [-0.39, 0.29) is 5.97 Å². The van der Waals surface area contributed by atoms with Gasteiger partial charge in [-0.2, -0.15) is 0 Å². The Morgan fingerprint density at radius 1 is 0.792 bits per heavy atom. The maximum absolute atomic E-state index is 11.0. The molecule has 0 aliphatic rings. The number of esters is 1. The van der Waals surface area contributed by atoms with E-state index >= 15 is 0 Å². The van der Waals surface area contributed by atoms with Gasteiger partial charge >= 0.3 is 5.97 Å². The van der Waals surface area contributed by atoms with Gasteiger partial charge in [0.25, 0.3) is 0 Å². The molecule has 0 amide bonds. The van der Waals surface area contributed by atoms with Crippen LogP contribution in [0.1, 0.15) is 104 Å². The highest BCUT2D eigenvalue weighted by atomic mass is 16.5. The molecule has 0 bridgehead atoms. The SMILES string of the molecule is CCCCCCC(C)C(CCCCCCCCCC(=O)OC)OC. The van der Waals surface area contributed by atoms with Crippen molar-refractivity contribution < 1.29 is 14.3 Å². The van der Waals surface area contributed by atoms with Crippen LogP contribution in [0.5, 0.6) is 0 Å². The van der Waals surface area contributed by atoms with E-state index in [0.29, 0.717) is 18.4 Å².